The fourth-order valence-corrected chi connectivity index (χ4v) is 2.10. The summed E-state index contributed by atoms with van der Waals surface area (Å²) in [4.78, 5) is 12.8. The fourth-order valence-electron chi connectivity index (χ4n) is 1.39. The molecule has 1 aromatic rings. The normalized spacial score (nSPS) is 12.8. The molecule has 0 saturated carbocycles. The number of hydrogen-bond acceptors (Lipinski definition) is 3. The molecule has 1 amide bonds. The van der Waals surface area contributed by atoms with E-state index in [9.17, 15) is 4.79 Å². The van der Waals surface area contributed by atoms with Crippen molar-refractivity contribution in [1.29, 1.82) is 0 Å². The first-order valence-electron chi connectivity index (χ1n) is 5.56. The lowest BCUT2D eigenvalue weighted by Crippen LogP contribution is -2.41. The molecule has 0 fully saturated rings. The second-order valence-corrected chi connectivity index (χ2v) is 5.21. The molecular formula is C12H19NO2S. The first-order chi connectivity index (χ1) is 7.63. The summed E-state index contributed by atoms with van der Waals surface area (Å²) in [5.74, 6) is 0.275. The number of amides is 1. The summed E-state index contributed by atoms with van der Waals surface area (Å²) in [6.07, 6.45) is 1.27. The smallest absolute Gasteiger partial charge is 0.220 e. The van der Waals surface area contributed by atoms with E-state index in [1.807, 2.05) is 31.4 Å². The Hall–Kier alpha value is -0.870. The van der Waals surface area contributed by atoms with Gasteiger partial charge in [-0.2, -0.15) is 0 Å². The van der Waals surface area contributed by atoms with Gasteiger partial charge in [0.05, 0.1) is 12.6 Å². The van der Waals surface area contributed by atoms with Gasteiger partial charge in [-0.3, -0.25) is 4.79 Å². The number of aliphatic hydroxyl groups is 1. The molecule has 90 valence electrons. The summed E-state index contributed by atoms with van der Waals surface area (Å²) >= 11 is 1.67. The van der Waals surface area contributed by atoms with Crippen LogP contribution in [0.3, 0.4) is 0 Å². The van der Waals surface area contributed by atoms with E-state index in [0.29, 0.717) is 6.42 Å². The number of thiophene rings is 1. The van der Waals surface area contributed by atoms with Crippen molar-refractivity contribution in [2.75, 3.05) is 6.61 Å². The Labute approximate surface area is 100 Å². The van der Waals surface area contributed by atoms with Crippen molar-refractivity contribution in [3.05, 3.63) is 22.4 Å². The molecular weight excluding hydrogens is 222 g/mol. The van der Waals surface area contributed by atoms with Crippen LogP contribution in [-0.2, 0) is 11.2 Å². The summed E-state index contributed by atoms with van der Waals surface area (Å²) in [7, 11) is 0. The van der Waals surface area contributed by atoms with Crippen molar-refractivity contribution in [2.24, 2.45) is 5.92 Å². The topological polar surface area (TPSA) is 49.3 Å². The highest BCUT2D eigenvalue weighted by molar-refractivity contribution is 7.09. The highest BCUT2D eigenvalue weighted by atomic mass is 32.1. The number of carbonyl (C=O) groups is 1. The maximum Gasteiger partial charge on any atom is 0.220 e. The van der Waals surface area contributed by atoms with Crippen LogP contribution in [0.5, 0.6) is 0 Å². The van der Waals surface area contributed by atoms with Gasteiger partial charge in [-0.05, 0) is 23.8 Å². The molecule has 1 rings (SSSR count). The van der Waals surface area contributed by atoms with Crippen molar-refractivity contribution in [3.63, 3.8) is 0 Å². The maximum atomic E-state index is 11.6. The Kier molecular flexibility index (Phi) is 5.49. The summed E-state index contributed by atoms with van der Waals surface area (Å²) < 4.78 is 0. The second-order valence-electron chi connectivity index (χ2n) is 4.18. The molecule has 1 atom stereocenters. The van der Waals surface area contributed by atoms with Crippen LogP contribution in [-0.4, -0.2) is 23.7 Å². The van der Waals surface area contributed by atoms with E-state index in [0.717, 1.165) is 6.42 Å². The molecule has 1 aromatic heterocycles. The highest BCUT2D eigenvalue weighted by Gasteiger charge is 2.14. The van der Waals surface area contributed by atoms with Crippen molar-refractivity contribution < 1.29 is 9.90 Å². The zero-order valence-corrected chi connectivity index (χ0v) is 10.6. The molecule has 0 bridgehead atoms. The van der Waals surface area contributed by atoms with Gasteiger partial charge in [0, 0.05) is 11.3 Å². The summed E-state index contributed by atoms with van der Waals surface area (Å²) in [5.41, 5.74) is 0. The Morgan fingerprint density at radius 3 is 2.81 bits per heavy atom. The van der Waals surface area contributed by atoms with Crippen LogP contribution in [0.25, 0.3) is 0 Å². The summed E-state index contributed by atoms with van der Waals surface area (Å²) in [5, 5.41) is 13.9. The predicted octanol–water partition coefficient (Wildman–Crippen LogP) is 1.81. The Morgan fingerprint density at radius 1 is 1.56 bits per heavy atom. The number of rotatable bonds is 6. The molecule has 0 aliphatic heterocycles. The third-order valence-corrected chi connectivity index (χ3v) is 3.46. The molecule has 4 heteroatoms. The van der Waals surface area contributed by atoms with Gasteiger partial charge >= 0.3 is 0 Å². The monoisotopic (exact) mass is 241 g/mol. The molecule has 0 aromatic carbocycles. The van der Waals surface area contributed by atoms with Gasteiger partial charge in [0.1, 0.15) is 0 Å². The van der Waals surface area contributed by atoms with Crippen LogP contribution in [0, 0.1) is 5.92 Å². The zero-order valence-electron chi connectivity index (χ0n) is 9.77. The first-order valence-corrected chi connectivity index (χ1v) is 6.44. The van der Waals surface area contributed by atoms with Gasteiger partial charge in [-0.1, -0.05) is 19.9 Å². The van der Waals surface area contributed by atoms with Crippen molar-refractivity contribution in [1.82, 2.24) is 5.32 Å². The van der Waals surface area contributed by atoms with Crippen LogP contribution in [0.1, 0.15) is 25.1 Å². The molecule has 16 heavy (non-hydrogen) atoms. The Bertz CT molecular complexity index is 309. The van der Waals surface area contributed by atoms with Crippen molar-refractivity contribution in [2.45, 2.75) is 32.7 Å². The third-order valence-electron chi connectivity index (χ3n) is 2.53. The fraction of sp³-hybridized carbons (Fsp3) is 0.583. The highest BCUT2D eigenvalue weighted by Crippen LogP contribution is 2.11. The zero-order chi connectivity index (χ0) is 12.0. The van der Waals surface area contributed by atoms with E-state index in [-0.39, 0.29) is 24.5 Å². The molecule has 0 spiro atoms. The van der Waals surface area contributed by atoms with Gasteiger partial charge in [-0.25, -0.2) is 0 Å². The van der Waals surface area contributed by atoms with Gasteiger partial charge in [0.15, 0.2) is 0 Å². The van der Waals surface area contributed by atoms with Crippen LogP contribution in [0.2, 0.25) is 0 Å². The minimum Gasteiger partial charge on any atom is -0.394 e. The van der Waals surface area contributed by atoms with Gasteiger partial charge in [0.2, 0.25) is 5.91 Å². The average molecular weight is 241 g/mol. The molecule has 1 heterocycles. The van der Waals surface area contributed by atoms with Crippen LogP contribution >= 0.6 is 11.3 Å². The number of carbonyl (C=O) groups excluding carboxylic acids is 1. The summed E-state index contributed by atoms with van der Waals surface area (Å²) in [6, 6.07) is 3.89. The first kappa shape index (κ1) is 13.2. The molecule has 1 unspecified atom stereocenters. The minimum absolute atomic E-state index is 0.00239. The molecule has 0 aliphatic rings. The lowest BCUT2D eigenvalue weighted by Gasteiger charge is -2.19. The van der Waals surface area contributed by atoms with Crippen molar-refractivity contribution >= 4 is 17.2 Å². The van der Waals surface area contributed by atoms with E-state index in [1.165, 1.54) is 4.88 Å². The van der Waals surface area contributed by atoms with Crippen LogP contribution in [0.15, 0.2) is 17.5 Å². The predicted molar refractivity (Wildman–Crippen MR) is 66.5 cm³/mol. The number of aryl methyl sites for hydroxylation is 1. The average Bonchev–Trinajstić information content (AvgIpc) is 2.75. The largest absolute Gasteiger partial charge is 0.394 e. The Balaban J connectivity index is 2.30. The molecule has 2 N–H and O–H groups in total. The summed E-state index contributed by atoms with van der Waals surface area (Å²) in [6.45, 7) is 3.98. The standard InChI is InChI=1S/C12H19NO2S/c1-9(2)11(8-14)13-12(15)6-5-10-4-3-7-16-10/h3-4,7,9,11,14H,5-6,8H2,1-2H3,(H,13,15). The van der Waals surface area contributed by atoms with E-state index in [4.69, 9.17) is 5.11 Å². The van der Waals surface area contributed by atoms with E-state index in [2.05, 4.69) is 5.32 Å². The van der Waals surface area contributed by atoms with Crippen LogP contribution in [0.4, 0.5) is 0 Å². The van der Waals surface area contributed by atoms with E-state index in [1.54, 1.807) is 11.3 Å². The lowest BCUT2D eigenvalue weighted by molar-refractivity contribution is -0.122. The van der Waals surface area contributed by atoms with Gasteiger partial charge in [0.25, 0.3) is 0 Å². The van der Waals surface area contributed by atoms with Crippen LogP contribution < -0.4 is 5.32 Å². The maximum absolute atomic E-state index is 11.6. The molecule has 3 nitrogen and oxygen atoms in total. The molecule has 0 aliphatic carbocycles. The van der Waals surface area contributed by atoms with Crippen molar-refractivity contribution in [3.8, 4) is 0 Å². The third kappa shape index (κ3) is 4.33. The Morgan fingerprint density at radius 2 is 2.31 bits per heavy atom. The number of aliphatic hydroxyl groups excluding tert-OH is 1. The lowest BCUT2D eigenvalue weighted by atomic mass is 10.1. The quantitative estimate of drug-likeness (QED) is 0.798. The number of nitrogens with one attached hydrogen (secondary N) is 1. The second kappa shape index (κ2) is 6.66. The van der Waals surface area contributed by atoms with Gasteiger partial charge in [-0.15, -0.1) is 11.3 Å². The molecule has 0 radical (unpaired) electrons. The number of hydrogen-bond donors (Lipinski definition) is 2. The molecule has 0 saturated heterocycles. The minimum atomic E-state index is -0.129. The van der Waals surface area contributed by atoms with E-state index < -0.39 is 0 Å². The SMILES string of the molecule is CC(C)C(CO)NC(=O)CCc1cccs1. The van der Waals surface area contributed by atoms with Gasteiger partial charge < -0.3 is 10.4 Å². The van der Waals surface area contributed by atoms with E-state index >= 15 is 0 Å².